The van der Waals surface area contributed by atoms with Crippen LogP contribution in [0.2, 0.25) is 0 Å². The Labute approximate surface area is 114 Å². The van der Waals surface area contributed by atoms with Gasteiger partial charge in [0.25, 0.3) is 0 Å². The summed E-state index contributed by atoms with van der Waals surface area (Å²) in [5.41, 5.74) is 5.25. The van der Waals surface area contributed by atoms with E-state index in [1.54, 1.807) is 12.1 Å². The second kappa shape index (κ2) is 8.31. The number of nitrogens with two attached hydrogens (primary N) is 1. The summed E-state index contributed by atoms with van der Waals surface area (Å²) in [5, 5.41) is 0. The minimum atomic E-state index is -3.45. The van der Waals surface area contributed by atoms with Crippen LogP contribution in [0.3, 0.4) is 0 Å². The lowest BCUT2D eigenvalue weighted by molar-refractivity contribution is 0.317. The average molecular weight is 295 g/mol. The van der Waals surface area contributed by atoms with Gasteiger partial charge in [-0.15, -0.1) is 12.4 Å². The van der Waals surface area contributed by atoms with Gasteiger partial charge in [-0.05, 0) is 30.7 Å². The average Bonchev–Trinajstić information content (AvgIpc) is 2.34. The Morgan fingerprint density at radius 1 is 1.28 bits per heavy atom. The molecule has 0 radical (unpaired) electrons. The van der Waals surface area contributed by atoms with Gasteiger partial charge in [0, 0.05) is 13.1 Å². The van der Waals surface area contributed by atoms with Crippen molar-refractivity contribution < 1.29 is 13.2 Å². The number of benzene rings is 1. The molecule has 0 amide bonds. The molecule has 0 aliphatic rings. The van der Waals surface area contributed by atoms with Crippen molar-refractivity contribution in [2.45, 2.75) is 18.2 Å². The maximum atomic E-state index is 11.7. The van der Waals surface area contributed by atoms with E-state index in [0.29, 0.717) is 12.4 Å². The highest BCUT2D eigenvalue weighted by molar-refractivity contribution is 7.89. The maximum absolute atomic E-state index is 11.7. The Hall–Kier alpha value is -0.820. The third-order valence-corrected chi connectivity index (χ3v) is 3.52. The second-order valence-corrected chi connectivity index (χ2v) is 5.27. The SMILES string of the molecule is CCCOc1ccc(S(=O)(=O)NCCN)cc1.Cl. The number of nitrogens with one attached hydrogen (secondary N) is 1. The first kappa shape index (κ1) is 17.2. The molecule has 1 aromatic rings. The molecule has 0 heterocycles. The molecule has 18 heavy (non-hydrogen) atoms. The zero-order valence-corrected chi connectivity index (χ0v) is 11.9. The predicted octanol–water partition coefficient (Wildman–Crippen LogP) is 1.13. The fourth-order valence-corrected chi connectivity index (χ4v) is 2.26. The van der Waals surface area contributed by atoms with E-state index in [0.717, 1.165) is 6.42 Å². The lowest BCUT2D eigenvalue weighted by Gasteiger charge is -2.07. The number of ether oxygens (including phenoxy) is 1. The Balaban J connectivity index is 0.00000289. The summed E-state index contributed by atoms with van der Waals surface area (Å²) in [6, 6.07) is 6.33. The van der Waals surface area contributed by atoms with Crippen LogP contribution in [0.4, 0.5) is 0 Å². The molecule has 0 fully saturated rings. The first-order valence-electron chi connectivity index (χ1n) is 5.52. The molecule has 0 aromatic heterocycles. The standard InChI is InChI=1S/C11H18N2O3S.ClH/c1-2-9-16-10-3-5-11(6-4-10)17(14,15)13-8-7-12;/h3-6,13H,2,7-9,12H2,1H3;1H. The van der Waals surface area contributed by atoms with Crippen LogP contribution >= 0.6 is 12.4 Å². The maximum Gasteiger partial charge on any atom is 0.240 e. The monoisotopic (exact) mass is 294 g/mol. The van der Waals surface area contributed by atoms with Crippen molar-refractivity contribution in [1.29, 1.82) is 0 Å². The first-order valence-corrected chi connectivity index (χ1v) is 7.01. The smallest absolute Gasteiger partial charge is 0.240 e. The summed E-state index contributed by atoms with van der Waals surface area (Å²) in [4.78, 5) is 0.217. The molecular weight excluding hydrogens is 276 g/mol. The van der Waals surface area contributed by atoms with Crippen LogP contribution in [-0.2, 0) is 10.0 Å². The summed E-state index contributed by atoms with van der Waals surface area (Å²) < 4.78 is 31.2. The number of sulfonamides is 1. The number of halogens is 1. The van der Waals surface area contributed by atoms with Gasteiger partial charge < -0.3 is 10.5 Å². The summed E-state index contributed by atoms with van der Waals surface area (Å²) >= 11 is 0. The molecule has 5 nitrogen and oxygen atoms in total. The van der Waals surface area contributed by atoms with Crippen molar-refractivity contribution in [1.82, 2.24) is 4.72 Å². The summed E-state index contributed by atoms with van der Waals surface area (Å²) in [6.45, 7) is 3.14. The highest BCUT2D eigenvalue weighted by atomic mass is 35.5. The Morgan fingerprint density at radius 3 is 2.39 bits per heavy atom. The Kier molecular flexibility index (Phi) is 7.93. The van der Waals surface area contributed by atoms with E-state index < -0.39 is 10.0 Å². The largest absolute Gasteiger partial charge is 0.494 e. The highest BCUT2D eigenvalue weighted by Crippen LogP contribution is 2.15. The number of hydrogen-bond donors (Lipinski definition) is 2. The van der Waals surface area contributed by atoms with Crippen molar-refractivity contribution in [3.8, 4) is 5.75 Å². The second-order valence-electron chi connectivity index (χ2n) is 3.51. The van der Waals surface area contributed by atoms with E-state index in [2.05, 4.69) is 4.72 Å². The third-order valence-electron chi connectivity index (χ3n) is 2.04. The van der Waals surface area contributed by atoms with Crippen molar-refractivity contribution in [3.05, 3.63) is 24.3 Å². The Bertz CT molecular complexity index is 434. The topological polar surface area (TPSA) is 81.4 Å². The molecule has 0 aliphatic carbocycles. The molecule has 0 unspecified atom stereocenters. The number of rotatable bonds is 7. The normalized spacial score (nSPS) is 10.8. The summed E-state index contributed by atoms with van der Waals surface area (Å²) in [6.07, 6.45) is 0.915. The van der Waals surface area contributed by atoms with Crippen LogP contribution < -0.4 is 15.2 Å². The Morgan fingerprint density at radius 2 is 1.89 bits per heavy atom. The van der Waals surface area contributed by atoms with Crippen molar-refractivity contribution >= 4 is 22.4 Å². The van der Waals surface area contributed by atoms with Gasteiger partial charge in [0.15, 0.2) is 0 Å². The van der Waals surface area contributed by atoms with Gasteiger partial charge in [0.05, 0.1) is 11.5 Å². The van der Waals surface area contributed by atoms with Crippen LogP contribution in [0.15, 0.2) is 29.2 Å². The lowest BCUT2D eigenvalue weighted by Crippen LogP contribution is -2.29. The van der Waals surface area contributed by atoms with Crippen LogP contribution in [0.25, 0.3) is 0 Å². The third kappa shape index (κ3) is 5.22. The van der Waals surface area contributed by atoms with Crippen molar-refractivity contribution in [3.63, 3.8) is 0 Å². The highest BCUT2D eigenvalue weighted by Gasteiger charge is 2.12. The van der Waals surface area contributed by atoms with Gasteiger partial charge in [0.1, 0.15) is 5.75 Å². The van der Waals surface area contributed by atoms with E-state index in [4.69, 9.17) is 10.5 Å². The van der Waals surface area contributed by atoms with Crippen LogP contribution in [0, 0.1) is 0 Å². The zero-order chi connectivity index (χ0) is 12.7. The number of hydrogen-bond acceptors (Lipinski definition) is 4. The molecule has 7 heteroatoms. The van der Waals surface area contributed by atoms with Gasteiger partial charge in [-0.25, -0.2) is 13.1 Å². The van der Waals surface area contributed by atoms with Crippen LogP contribution in [-0.4, -0.2) is 28.1 Å². The fourth-order valence-electron chi connectivity index (χ4n) is 1.21. The fraction of sp³-hybridized carbons (Fsp3) is 0.455. The van der Waals surface area contributed by atoms with Gasteiger partial charge in [-0.1, -0.05) is 6.92 Å². The van der Waals surface area contributed by atoms with E-state index in [9.17, 15) is 8.42 Å². The van der Waals surface area contributed by atoms with Crippen LogP contribution in [0.1, 0.15) is 13.3 Å². The minimum absolute atomic E-state index is 0. The molecule has 1 rings (SSSR count). The lowest BCUT2D eigenvalue weighted by atomic mass is 10.3. The molecule has 0 spiro atoms. The summed E-state index contributed by atoms with van der Waals surface area (Å²) in [5.74, 6) is 0.671. The molecule has 0 aliphatic heterocycles. The molecule has 3 N–H and O–H groups in total. The van der Waals surface area contributed by atoms with E-state index >= 15 is 0 Å². The zero-order valence-electron chi connectivity index (χ0n) is 10.3. The van der Waals surface area contributed by atoms with E-state index in [1.807, 2.05) is 6.92 Å². The minimum Gasteiger partial charge on any atom is -0.494 e. The molecule has 0 bridgehead atoms. The molecule has 1 aromatic carbocycles. The van der Waals surface area contributed by atoms with Crippen LogP contribution in [0.5, 0.6) is 5.75 Å². The molecular formula is C11H19ClN2O3S. The molecule has 0 saturated heterocycles. The first-order chi connectivity index (χ1) is 8.10. The molecule has 0 saturated carbocycles. The van der Waals surface area contributed by atoms with E-state index in [1.165, 1.54) is 12.1 Å². The van der Waals surface area contributed by atoms with Gasteiger partial charge in [0.2, 0.25) is 10.0 Å². The van der Waals surface area contributed by atoms with Gasteiger partial charge >= 0.3 is 0 Å². The van der Waals surface area contributed by atoms with Crippen molar-refractivity contribution in [2.24, 2.45) is 5.73 Å². The predicted molar refractivity (Wildman–Crippen MR) is 73.7 cm³/mol. The van der Waals surface area contributed by atoms with Crippen molar-refractivity contribution in [2.75, 3.05) is 19.7 Å². The van der Waals surface area contributed by atoms with E-state index in [-0.39, 0.29) is 30.4 Å². The quantitative estimate of drug-likeness (QED) is 0.790. The van der Waals surface area contributed by atoms with Gasteiger partial charge in [-0.2, -0.15) is 0 Å². The molecule has 0 atom stereocenters. The summed E-state index contributed by atoms with van der Waals surface area (Å²) in [7, 11) is -3.45. The van der Waals surface area contributed by atoms with Gasteiger partial charge in [-0.3, -0.25) is 0 Å². The molecule has 104 valence electrons.